The predicted octanol–water partition coefficient (Wildman–Crippen LogP) is 5.04. The van der Waals surface area contributed by atoms with Gasteiger partial charge in [0.15, 0.2) is 0 Å². The Balaban J connectivity index is 1.95. The number of nitrogens with two attached hydrogens (primary N) is 1. The number of hydrogen-bond acceptors (Lipinski definition) is 3. The molecule has 0 spiro atoms. The van der Waals surface area contributed by atoms with Gasteiger partial charge in [-0.15, -0.1) is 0 Å². The smallest absolute Gasteiger partial charge is 0.404 e. The third-order valence-electron chi connectivity index (χ3n) is 6.57. The molecule has 1 unspecified atom stereocenters. The Morgan fingerprint density at radius 3 is 2.52 bits per heavy atom. The molecule has 29 heavy (non-hydrogen) atoms. The van der Waals surface area contributed by atoms with Crippen LogP contribution in [0.3, 0.4) is 0 Å². The highest BCUT2D eigenvalue weighted by Crippen LogP contribution is 2.50. The van der Waals surface area contributed by atoms with Gasteiger partial charge in [0.2, 0.25) is 5.91 Å². The number of halogens is 1. The first kappa shape index (κ1) is 21.9. The molecule has 2 amide bonds. The fourth-order valence-electron chi connectivity index (χ4n) is 5.38. The highest BCUT2D eigenvalue weighted by atomic mass is 35.5. The van der Waals surface area contributed by atoms with Crippen molar-refractivity contribution in [1.29, 1.82) is 0 Å². The molecule has 5 nitrogen and oxygen atoms in total. The maximum atomic E-state index is 12.4. The van der Waals surface area contributed by atoms with Gasteiger partial charge in [0.1, 0.15) is 6.10 Å². The van der Waals surface area contributed by atoms with Crippen molar-refractivity contribution in [2.75, 3.05) is 6.54 Å². The van der Waals surface area contributed by atoms with E-state index in [0.717, 1.165) is 50.6 Å². The highest BCUT2D eigenvalue weighted by molar-refractivity contribution is 6.30. The minimum atomic E-state index is -0.750. The van der Waals surface area contributed by atoms with Gasteiger partial charge in [0, 0.05) is 29.4 Å². The summed E-state index contributed by atoms with van der Waals surface area (Å²) >= 11 is 6.33. The molecule has 2 N–H and O–H groups in total. The summed E-state index contributed by atoms with van der Waals surface area (Å²) < 4.78 is 5.77. The first-order valence-electron chi connectivity index (χ1n) is 10.6. The summed E-state index contributed by atoms with van der Waals surface area (Å²) in [6.07, 6.45) is 4.99. The van der Waals surface area contributed by atoms with Gasteiger partial charge in [0.25, 0.3) is 0 Å². The van der Waals surface area contributed by atoms with Crippen LogP contribution in [0.25, 0.3) is 0 Å². The highest BCUT2D eigenvalue weighted by Gasteiger charge is 2.51. The van der Waals surface area contributed by atoms with Crippen LogP contribution in [-0.4, -0.2) is 35.6 Å². The van der Waals surface area contributed by atoms with Gasteiger partial charge in [-0.05, 0) is 61.6 Å². The largest absolute Gasteiger partial charge is 0.445 e. The Kier molecular flexibility index (Phi) is 6.47. The lowest BCUT2D eigenvalue weighted by molar-refractivity contribution is -0.137. The molecule has 2 aliphatic rings. The van der Waals surface area contributed by atoms with E-state index in [4.69, 9.17) is 22.1 Å². The zero-order valence-electron chi connectivity index (χ0n) is 17.7. The zero-order valence-corrected chi connectivity index (χ0v) is 18.5. The molecule has 0 radical (unpaired) electrons. The zero-order chi connectivity index (χ0) is 21.2. The van der Waals surface area contributed by atoms with Crippen molar-refractivity contribution < 1.29 is 14.3 Å². The maximum Gasteiger partial charge on any atom is 0.404 e. The van der Waals surface area contributed by atoms with Crippen LogP contribution in [0.4, 0.5) is 4.79 Å². The van der Waals surface area contributed by atoms with E-state index in [0.29, 0.717) is 11.4 Å². The summed E-state index contributed by atoms with van der Waals surface area (Å²) in [7, 11) is 0. The van der Waals surface area contributed by atoms with Gasteiger partial charge >= 0.3 is 6.09 Å². The van der Waals surface area contributed by atoms with E-state index in [1.807, 2.05) is 18.2 Å². The van der Waals surface area contributed by atoms with Gasteiger partial charge in [-0.25, -0.2) is 4.79 Å². The number of rotatable bonds is 4. The number of ether oxygens (including phenoxy) is 1. The van der Waals surface area contributed by atoms with Crippen LogP contribution < -0.4 is 5.73 Å². The van der Waals surface area contributed by atoms with Crippen molar-refractivity contribution >= 4 is 23.6 Å². The van der Waals surface area contributed by atoms with E-state index >= 15 is 0 Å². The van der Waals surface area contributed by atoms with Crippen molar-refractivity contribution in [3.63, 3.8) is 0 Å². The van der Waals surface area contributed by atoms with Crippen LogP contribution >= 0.6 is 11.6 Å². The monoisotopic (exact) mass is 420 g/mol. The van der Waals surface area contributed by atoms with Gasteiger partial charge in [-0.1, -0.05) is 44.5 Å². The maximum absolute atomic E-state index is 12.4. The Labute approximate surface area is 178 Å². The molecule has 1 saturated heterocycles. The molecule has 1 aromatic carbocycles. The molecule has 1 saturated carbocycles. The molecule has 1 aliphatic heterocycles. The number of piperidine rings is 1. The van der Waals surface area contributed by atoms with Crippen LogP contribution in [-0.2, 0) is 14.9 Å². The minimum absolute atomic E-state index is 0.254. The normalized spacial score (nSPS) is 26.8. The van der Waals surface area contributed by atoms with Gasteiger partial charge in [-0.3, -0.25) is 4.79 Å². The molecule has 1 aliphatic carbocycles. The summed E-state index contributed by atoms with van der Waals surface area (Å²) in [6.45, 7) is 7.08. The number of carbonyl (C=O) groups is 2. The average Bonchev–Trinajstić information content (AvgIpc) is 2.66. The number of carbonyl (C=O) groups excluding carboxylic acids is 2. The molecule has 1 aromatic rings. The van der Waals surface area contributed by atoms with E-state index in [-0.39, 0.29) is 28.9 Å². The minimum Gasteiger partial charge on any atom is -0.445 e. The van der Waals surface area contributed by atoms with E-state index in [1.54, 1.807) is 0 Å². The number of benzene rings is 1. The quantitative estimate of drug-likeness (QED) is 0.741. The number of primary amides is 1. The van der Waals surface area contributed by atoms with Crippen LogP contribution in [0, 0.1) is 5.41 Å². The third kappa shape index (κ3) is 4.71. The molecular formula is C23H33ClN2O3. The van der Waals surface area contributed by atoms with E-state index in [2.05, 4.69) is 31.7 Å². The molecule has 160 valence electrons. The molecule has 1 atom stereocenters. The van der Waals surface area contributed by atoms with Gasteiger partial charge < -0.3 is 15.4 Å². The lowest BCUT2D eigenvalue weighted by Gasteiger charge is -2.51. The predicted molar refractivity (Wildman–Crippen MR) is 115 cm³/mol. The van der Waals surface area contributed by atoms with Crippen molar-refractivity contribution in [3.8, 4) is 0 Å². The standard InChI is InChI=1S/C23H33ClN2O3/c1-22(2,3)20(29-21(25)28)23(16-7-6-8-17(24)15-16)12-10-18(11-13-23)26-14-5-4-9-19(26)27/h6-8,15,18,20H,4-5,9-14H2,1-3H3,(H2,25,28). The topological polar surface area (TPSA) is 72.6 Å². The summed E-state index contributed by atoms with van der Waals surface area (Å²) in [5.41, 5.74) is 5.88. The van der Waals surface area contributed by atoms with Gasteiger partial charge in [-0.2, -0.15) is 0 Å². The van der Waals surface area contributed by atoms with Crippen molar-refractivity contribution in [3.05, 3.63) is 34.9 Å². The first-order valence-corrected chi connectivity index (χ1v) is 11.0. The molecule has 0 bridgehead atoms. The summed E-state index contributed by atoms with van der Waals surface area (Å²) in [6, 6.07) is 8.11. The SMILES string of the molecule is CC(C)(C)C(OC(N)=O)C1(c2cccc(Cl)c2)CCC(N2CCCCC2=O)CC1. The Hall–Kier alpha value is -1.75. The lowest BCUT2D eigenvalue weighted by atomic mass is 9.59. The van der Waals surface area contributed by atoms with Crippen LogP contribution in [0.2, 0.25) is 5.02 Å². The third-order valence-corrected chi connectivity index (χ3v) is 6.81. The van der Waals surface area contributed by atoms with Crippen LogP contribution in [0.5, 0.6) is 0 Å². The fraction of sp³-hybridized carbons (Fsp3) is 0.652. The number of amides is 2. The Morgan fingerprint density at radius 1 is 1.28 bits per heavy atom. The summed E-state index contributed by atoms with van der Waals surface area (Å²) in [5.74, 6) is 0.275. The Morgan fingerprint density at radius 2 is 1.97 bits per heavy atom. The summed E-state index contributed by atoms with van der Waals surface area (Å²) in [5, 5.41) is 0.668. The van der Waals surface area contributed by atoms with E-state index in [9.17, 15) is 9.59 Å². The number of hydrogen-bond donors (Lipinski definition) is 1. The second-order valence-electron chi connectivity index (χ2n) is 9.62. The van der Waals surface area contributed by atoms with E-state index < -0.39 is 6.09 Å². The molecular weight excluding hydrogens is 388 g/mol. The number of nitrogens with zero attached hydrogens (tertiary/aromatic N) is 1. The molecule has 3 rings (SSSR count). The summed E-state index contributed by atoms with van der Waals surface area (Å²) in [4.78, 5) is 26.3. The molecule has 0 aromatic heterocycles. The fourth-order valence-corrected chi connectivity index (χ4v) is 5.57. The number of likely N-dealkylation sites (tertiary alicyclic amines) is 1. The van der Waals surface area contributed by atoms with Gasteiger partial charge in [0.05, 0.1) is 0 Å². The average molecular weight is 421 g/mol. The van der Waals surface area contributed by atoms with Crippen molar-refractivity contribution in [2.45, 2.75) is 83.3 Å². The van der Waals surface area contributed by atoms with Crippen LogP contribution in [0.15, 0.2) is 24.3 Å². The molecule has 6 heteroatoms. The Bertz CT molecular complexity index is 751. The lowest BCUT2D eigenvalue weighted by Crippen LogP contribution is -2.55. The van der Waals surface area contributed by atoms with Crippen molar-refractivity contribution in [2.24, 2.45) is 11.1 Å². The van der Waals surface area contributed by atoms with Crippen molar-refractivity contribution in [1.82, 2.24) is 4.90 Å². The first-order chi connectivity index (χ1) is 13.6. The molecule has 2 fully saturated rings. The van der Waals surface area contributed by atoms with E-state index in [1.165, 1.54) is 0 Å². The second kappa shape index (κ2) is 8.55. The van der Waals surface area contributed by atoms with Crippen LogP contribution in [0.1, 0.15) is 71.3 Å². The molecule has 1 heterocycles. The second-order valence-corrected chi connectivity index (χ2v) is 10.1.